The van der Waals surface area contributed by atoms with E-state index >= 15 is 0 Å². The van der Waals surface area contributed by atoms with Crippen molar-refractivity contribution in [3.8, 4) is 0 Å². The van der Waals surface area contributed by atoms with Gasteiger partial charge < -0.3 is 0 Å². The third-order valence-corrected chi connectivity index (χ3v) is 2.02. The summed E-state index contributed by atoms with van der Waals surface area (Å²) in [5, 5.41) is 0. The van der Waals surface area contributed by atoms with Crippen molar-refractivity contribution in [2.24, 2.45) is 12.0 Å². The lowest BCUT2D eigenvalue weighted by Gasteiger charge is -2.05. The molecule has 0 spiro atoms. The normalized spacial score (nSPS) is 10.8. The number of nitrogens with zero attached hydrogens (tertiary/aromatic N) is 3. The van der Waals surface area contributed by atoms with E-state index in [9.17, 15) is 4.79 Å². The van der Waals surface area contributed by atoms with Gasteiger partial charge in [-0.05, 0) is 13.8 Å². The van der Waals surface area contributed by atoms with Crippen molar-refractivity contribution < 1.29 is 0 Å². The molecule has 4 nitrogen and oxygen atoms in total. The van der Waals surface area contributed by atoms with Gasteiger partial charge in [0.15, 0.2) is 5.82 Å². The summed E-state index contributed by atoms with van der Waals surface area (Å²) in [7, 11) is 1.69. The molecule has 1 rings (SSSR count). The highest BCUT2D eigenvalue weighted by Crippen LogP contribution is 2.10. The highest BCUT2D eigenvalue weighted by Gasteiger charge is 2.06. The van der Waals surface area contributed by atoms with Crippen LogP contribution < -0.4 is 5.56 Å². The van der Waals surface area contributed by atoms with Gasteiger partial charge in [0.2, 0.25) is 0 Å². The van der Waals surface area contributed by atoms with E-state index in [4.69, 9.17) is 0 Å². The predicted molar refractivity (Wildman–Crippen MR) is 57.3 cm³/mol. The van der Waals surface area contributed by atoms with Crippen molar-refractivity contribution in [2.45, 2.75) is 13.8 Å². The molecule has 0 radical (unpaired) electrons. The molecule has 0 saturated heterocycles. The van der Waals surface area contributed by atoms with Crippen molar-refractivity contribution in [1.29, 1.82) is 0 Å². The summed E-state index contributed by atoms with van der Waals surface area (Å²) in [5.74, 6) is 1.11. The first kappa shape index (κ1) is 10.4. The average Bonchev–Trinajstić information content (AvgIpc) is 2.18. The first-order chi connectivity index (χ1) is 6.57. The molecule has 14 heavy (non-hydrogen) atoms. The van der Waals surface area contributed by atoms with Crippen molar-refractivity contribution in [3.05, 3.63) is 34.4 Å². The maximum absolute atomic E-state index is 11.6. The van der Waals surface area contributed by atoms with Crippen molar-refractivity contribution in [1.82, 2.24) is 9.55 Å². The van der Waals surface area contributed by atoms with E-state index in [1.54, 1.807) is 27.0 Å². The van der Waals surface area contributed by atoms with Gasteiger partial charge in [-0.1, -0.05) is 12.7 Å². The molecule has 1 heterocycles. The third-order valence-electron chi connectivity index (χ3n) is 2.02. The van der Waals surface area contributed by atoms with E-state index in [-0.39, 0.29) is 5.56 Å². The maximum Gasteiger partial charge on any atom is 0.258 e. The van der Waals surface area contributed by atoms with E-state index in [0.717, 1.165) is 0 Å². The quantitative estimate of drug-likeness (QED) is 0.661. The average molecular weight is 191 g/mol. The van der Waals surface area contributed by atoms with E-state index in [2.05, 4.69) is 16.6 Å². The molecule has 4 heteroatoms. The molecule has 1 aromatic heterocycles. The highest BCUT2D eigenvalue weighted by molar-refractivity contribution is 5.73. The van der Waals surface area contributed by atoms with Crippen molar-refractivity contribution in [3.63, 3.8) is 0 Å². The van der Waals surface area contributed by atoms with E-state index in [1.165, 1.54) is 10.8 Å². The van der Waals surface area contributed by atoms with Crippen LogP contribution in [-0.2, 0) is 7.05 Å². The molecule has 0 amide bonds. The Hall–Kier alpha value is -1.71. The third kappa shape index (κ3) is 1.79. The van der Waals surface area contributed by atoms with E-state index in [1.807, 2.05) is 0 Å². The molecular formula is C10H13N3O. The van der Waals surface area contributed by atoms with Gasteiger partial charge in [0.1, 0.15) is 5.82 Å². The second-order valence-electron chi connectivity index (χ2n) is 2.99. The fourth-order valence-electron chi connectivity index (χ4n) is 1.06. The highest BCUT2D eigenvalue weighted by atomic mass is 16.1. The van der Waals surface area contributed by atoms with Crippen LogP contribution in [0.4, 0.5) is 5.82 Å². The minimum atomic E-state index is -0.0614. The predicted octanol–water partition coefficient (Wildman–Crippen LogP) is 1.29. The van der Waals surface area contributed by atoms with Crippen LogP contribution in [0.3, 0.4) is 0 Å². The number of allylic oxidation sites excluding steroid dienone is 1. The molecule has 1 aromatic rings. The number of hydrogen-bond acceptors (Lipinski definition) is 3. The van der Waals surface area contributed by atoms with Gasteiger partial charge in [0.05, 0.1) is 5.56 Å². The van der Waals surface area contributed by atoms with Gasteiger partial charge >= 0.3 is 0 Å². The number of hydrogen-bond donors (Lipinski definition) is 0. The lowest BCUT2D eigenvalue weighted by molar-refractivity contribution is 0.766. The molecule has 0 atom stereocenters. The Kier molecular flexibility index (Phi) is 2.96. The van der Waals surface area contributed by atoms with Crippen molar-refractivity contribution in [2.75, 3.05) is 0 Å². The summed E-state index contributed by atoms with van der Waals surface area (Å²) >= 11 is 0. The van der Waals surface area contributed by atoms with E-state index in [0.29, 0.717) is 17.2 Å². The Morgan fingerprint density at radius 2 is 2.14 bits per heavy atom. The Labute approximate surface area is 82.6 Å². The first-order valence-electron chi connectivity index (χ1n) is 4.27. The summed E-state index contributed by atoms with van der Waals surface area (Å²) in [5.41, 5.74) is 0.491. The molecule has 0 aliphatic carbocycles. The Morgan fingerprint density at radius 1 is 1.50 bits per heavy atom. The molecular weight excluding hydrogens is 178 g/mol. The van der Waals surface area contributed by atoms with Crippen LogP contribution in [0.25, 0.3) is 0 Å². The van der Waals surface area contributed by atoms with Gasteiger partial charge in [0.25, 0.3) is 5.56 Å². The number of rotatable bonds is 2. The zero-order valence-corrected chi connectivity index (χ0v) is 8.61. The summed E-state index contributed by atoms with van der Waals surface area (Å²) < 4.78 is 1.50. The summed E-state index contributed by atoms with van der Waals surface area (Å²) in [6.07, 6.45) is 3.07. The van der Waals surface area contributed by atoms with Crippen LogP contribution in [0.15, 0.2) is 22.4 Å². The first-order valence-corrected chi connectivity index (χ1v) is 4.27. The summed E-state index contributed by atoms with van der Waals surface area (Å²) in [6, 6.07) is 0. The largest absolute Gasteiger partial charge is 0.300 e. The monoisotopic (exact) mass is 191 g/mol. The summed E-state index contributed by atoms with van der Waals surface area (Å²) in [4.78, 5) is 19.8. The minimum Gasteiger partial charge on any atom is -0.300 e. The fourth-order valence-corrected chi connectivity index (χ4v) is 1.06. The molecule has 0 N–H and O–H groups in total. The Bertz CT molecular complexity index is 443. The topological polar surface area (TPSA) is 47.2 Å². The summed E-state index contributed by atoms with van der Waals surface area (Å²) in [6.45, 7) is 6.99. The molecule has 74 valence electrons. The van der Waals surface area contributed by atoms with Gasteiger partial charge in [-0.2, -0.15) is 0 Å². The van der Waals surface area contributed by atoms with Crippen LogP contribution in [0.2, 0.25) is 0 Å². The smallest absolute Gasteiger partial charge is 0.258 e. The lowest BCUT2D eigenvalue weighted by Crippen LogP contribution is -2.22. The standard InChI is InChI=1S/C10H13N3O/c1-5-6-11-9-7(2)10(14)13(4)8(3)12-9/h5-6H,1H2,2-4H3/b11-6-. The van der Waals surface area contributed by atoms with E-state index < -0.39 is 0 Å². The second-order valence-corrected chi connectivity index (χ2v) is 2.99. The van der Waals surface area contributed by atoms with Gasteiger partial charge in [-0.25, -0.2) is 9.98 Å². The fraction of sp³-hybridized carbons (Fsp3) is 0.300. The van der Waals surface area contributed by atoms with Gasteiger partial charge in [-0.15, -0.1) is 0 Å². The second kappa shape index (κ2) is 4.00. The molecule has 0 saturated carbocycles. The number of aromatic nitrogens is 2. The zero-order valence-electron chi connectivity index (χ0n) is 8.61. The van der Waals surface area contributed by atoms with Gasteiger partial charge in [0, 0.05) is 13.3 Å². The molecule has 0 aromatic carbocycles. The van der Waals surface area contributed by atoms with Crippen molar-refractivity contribution >= 4 is 12.0 Å². The van der Waals surface area contributed by atoms with Crippen LogP contribution in [0.5, 0.6) is 0 Å². The number of aliphatic imine (C=N–C) groups is 1. The van der Waals surface area contributed by atoms with Gasteiger partial charge in [-0.3, -0.25) is 9.36 Å². The van der Waals surface area contributed by atoms with Crippen LogP contribution in [0, 0.1) is 13.8 Å². The maximum atomic E-state index is 11.6. The molecule has 0 fully saturated rings. The lowest BCUT2D eigenvalue weighted by atomic mass is 10.3. The number of aryl methyl sites for hydroxylation is 1. The zero-order chi connectivity index (χ0) is 10.7. The van der Waals surface area contributed by atoms with Crippen LogP contribution >= 0.6 is 0 Å². The minimum absolute atomic E-state index is 0.0614. The molecule has 0 unspecified atom stereocenters. The Balaban J connectivity index is 3.40. The Morgan fingerprint density at radius 3 is 2.71 bits per heavy atom. The SMILES string of the molecule is C=C/C=N\c1nc(C)n(C)c(=O)c1C. The molecule has 0 bridgehead atoms. The van der Waals surface area contributed by atoms with Crippen LogP contribution in [0.1, 0.15) is 11.4 Å². The molecule has 0 aliphatic heterocycles. The van der Waals surface area contributed by atoms with Crippen LogP contribution in [-0.4, -0.2) is 15.8 Å². The molecule has 0 aliphatic rings.